The van der Waals surface area contributed by atoms with Crippen LogP contribution in [0.4, 0.5) is 5.69 Å². The minimum absolute atomic E-state index is 0.113. The molecule has 0 radical (unpaired) electrons. The van der Waals surface area contributed by atoms with E-state index in [1.165, 1.54) is 10.5 Å². The van der Waals surface area contributed by atoms with Crippen LogP contribution in [-0.2, 0) is 42.4 Å². The summed E-state index contributed by atoms with van der Waals surface area (Å²) in [5, 5.41) is 0. The number of benzene rings is 2. The maximum Gasteiger partial charge on any atom is 0.324 e. The predicted octanol–water partition coefficient (Wildman–Crippen LogP) is 4.25. The highest BCUT2D eigenvalue weighted by Gasteiger charge is 2.39. The minimum Gasteiger partial charge on any atom is -0.456 e. The van der Waals surface area contributed by atoms with Gasteiger partial charge in [0.25, 0.3) is 0 Å². The van der Waals surface area contributed by atoms with Crippen LogP contribution in [0.3, 0.4) is 0 Å². The topological polar surface area (TPSA) is 107 Å². The molecule has 1 aliphatic heterocycles. The molecule has 4 rings (SSSR count). The number of hydrogen-bond donors (Lipinski definition) is 1. The number of nitrogens with one attached hydrogen (secondary N) is 1. The highest BCUT2D eigenvalue weighted by molar-refractivity contribution is 7.90. The molecule has 0 unspecified atom stereocenters. The summed E-state index contributed by atoms with van der Waals surface area (Å²) < 4.78 is 47.7. The highest BCUT2D eigenvalue weighted by atomic mass is 32.2. The van der Waals surface area contributed by atoms with Gasteiger partial charge in [-0.3, -0.25) is 14.5 Å². The molecule has 1 saturated heterocycles. The van der Waals surface area contributed by atoms with Crippen LogP contribution in [0.1, 0.15) is 36.1 Å². The van der Waals surface area contributed by atoms with Gasteiger partial charge in [0, 0.05) is 12.2 Å². The standard InChI is InChI=1S/C29H35N3O6S/c1-23-15-16-26(18-30-23)31-39(34,35)32-17-9-8-14-28(32)29(33)38-27(21-36-19-24-10-4-2-5-11-24)22-37-20-25-12-6-3-7-13-25/h2-7,10-13,15-16,18,27-28,31H,8-9,14,17,19-22H2,1H3/t28-/m0/s1. The molecule has 0 aliphatic carbocycles. The number of esters is 1. The first-order valence-corrected chi connectivity index (χ1v) is 14.5. The van der Waals surface area contributed by atoms with Crippen molar-refractivity contribution in [3.63, 3.8) is 0 Å². The highest BCUT2D eigenvalue weighted by Crippen LogP contribution is 2.24. The Morgan fingerprint density at radius 3 is 2.13 bits per heavy atom. The van der Waals surface area contributed by atoms with Gasteiger partial charge in [-0.25, -0.2) is 0 Å². The number of aryl methyl sites for hydroxylation is 1. The van der Waals surface area contributed by atoms with Crippen molar-refractivity contribution in [3.8, 4) is 0 Å². The fourth-order valence-corrected chi connectivity index (χ4v) is 5.72. The van der Waals surface area contributed by atoms with Crippen LogP contribution in [0.5, 0.6) is 0 Å². The summed E-state index contributed by atoms with van der Waals surface area (Å²) in [4.78, 5) is 17.5. The Morgan fingerprint density at radius 2 is 1.56 bits per heavy atom. The molecule has 1 aromatic heterocycles. The number of rotatable bonds is 13. The van der Waals surface area contributed by atoms with Gasteiger partial charge in [-0.05, 0) is 49.4 Å². The summed E-state index contributed by atoms with van der Waals surface area (Å²) in [5.41, 5.74) is 3.09. The number of hydrogen-bond acceptors (Lipinski definition) is 7. The molecular formula is C29H35N3O6S. The van der Waals surface area contributed by atoms with Crippen molar-refractivity contribution in [2.75, 3.05) is 24.5 Å². The van der Waals surface area contributed by atoms with Gasteiger partial charge in [-0.2, -0.15) is 12.7 Å². The molecule has 1 aliphatic rings. The van der Waals surface area contributed by atoms with Crippen LogP contribution in [-0.4, -0.2) is 55.6 Å². The Bertz CT molecular complexity index is 1230. The van der Waals surface area contributed by atoms with Gasteiger partial charge < -0.3 is 14.2 Å². The molecule has 0 spiro atoms. The summed E-state index contributed by atoms with van der Waals surface area (Å²) in [7, 11) is -4.01. The van der Waals surface area contributed by atoms with Crippen molar-refractivity contribution in [2.24, 2.45) is 0 Å². The Balaban J connectivity index is 1.40. The van der Waals surface area contributed by atoms with Gasteiger partial charge in [0.2, 0.25) is 0 Å². The van der Waals surface area contributed by atoms with Gasteiger partial charge >= 0.3 is 16.2 Å². The lowest BCUT2D eigenvalue weighted by Gasteiger charge is -2.34. The number of pyridine rings is 1. The van der Waals surface area contributed by atoms with Crippen molar-refractivity contribution < 1.29 is 27.4 Å². The van der Waals surface area contributed by atoms with Gasteiger partial charge in [0.15, 0.2) is 0 Å². The Hall–Kier alpha value is -3.31. The van der Waals surface area contributed by atoms with Crippen LogP contribution in [0.25, 0.3) is 0 Å². The van der Waals surface area contributed by atoms with E-state index in [1.807, 2.05) is 67.6 Å². The number of nitrogens with zero attached hydrogens (tertiary/aromatic N) is 2. The monoisotopic (exact) mass is 553 g/mol. The third-order valence-electron chi connectivity index (χ3n) is 6.31. The van der Waals surface area contributed by atoms with E-state index in [9.17, 15) is 13.2 Å². The van der Waals surface area contributed by atoms with E-state index in [1.54, 1.807) is 12.1 Å². The molecule has 1 atom stereocenters. The average molecular weight is 554 g/mol. The molecular weight excluding hydrogens is 518 g/mol. The number of ether oxygens (including phenoxy) is 3. The van der Waals surface area contributed by atoms with Crippen LogP contribution < -0.4 is 4.72 Å². The van der Waals surface area contributed by atoms with E-state index in [4.69, 9.17) is 14.2 Å². The first kappa shape index (κ1) is 28.7. The second-order valence-corrected chi connectivity index (χ2v) is 11.1. The smallest absolute Gasteiger partial charge is 0.324 e. The summed E-state index contributed by atoms with van der Waals surface area (Å²) in [6.45, 7) is 2.97. The first-order chi connectivity index (χ1) is 18.9. The number of aromatic nitrogens is 1. The lowest BCUT2D eigenvalue weighted by molar-refractivity contribution is -0.162. The van der Waals surface area contributed by atoms with E-state index < -0.39 is 28.3 Å². The molecule has 10 heteroatoms. The zero-order chi connectivity index (χ0) is 27.5. The molecule has 0 bridgehead atoms. The first-order valence-electron chi connectivity index (χ1n) is 13.1. The third-order valence-corrected chi connectivity index (χ3v) is 7.85. The van der Waals surface area contributed by atoms with Gasteiger partial charge in [0.1, 0.15) is 12.1 Å². The fraction of sp³-hybridized carbons (Fsp3) is 0.379. The van der Waals surface area contributed by atoms with E-state index in [2.05, 4.69) is 9.71 Å². The quantitative estimate of drug-likeness (QED) is 0.316. The molecule has 0 saturated carbocycles. The fourth-order valence-electron chi connectivity index (χ4n) is 4.29. The summed E-state index contributed by atoms with van der Waals surface area (Å²) >= 11 is 0. The van der Waals surface area contributed by atoms with Gasteiger partial charge in [0.05, 0.1) is 38.3 Å². The Labute approximate surface area is 230 Å². The maximum absolute atomic E-state index is 13.3. The van der Waals surface area contributed by atoms with E-state index in [-0.39, 0.29) is 19.8 Å². The third kappa shape index (κ3) is 8.86. The SMILES string of the molecule is Cc1ccc(NS(=O)(=O)N2CCCC[C@H]2C(=O)OC(COCc2ccccc2)COCc2ccccc2)cn1. The van der Waals surface area contributed by atoms with Crippen molar-refractivity contribution in [1.82, 2.24) is 9.29 Å². The van der Waals surface area contributed by atoms with Crippen molar-refractivity contribution in [3.05, 3.63) is 95.8 Å². The van der Waals surface area contributed by atoms with Crippen LogP contribution in [0.2, 0.25) is 0 Å². The minimum atomic E-state index is -4.01. The van der Waals surface area contributed by atoms with Crippen molar-refractivity contribution in [1.29, 1.82) is 0 Å². The second kappa shape index (κ2) is 14.2. The number of anilines is 1. The molecule has 9 nitrogen and oxygen atoms in total. The van der Waals surface area contributed by atoms with Crippen molar-refractivity contribution in [2.45, 2.75) is 51.5 Å². The Kier molecular flexibility index (Phi) is 10.4. The number of carbonyl (C=O) groups excluding carboxylic acids is 1. The number of carbonyl (C=O) groups is 1. The summed E-state index contributed by atoms with van der Waals surface area (Å²) in [5.74, 6) is -0.612. The second-order valence-electron chi connectivity index (χ2n) is 9.48. The van der Waals surface area contributed by atoms with Gasteiger partial charge in [-0.1, -0.05) is 60.7 Å². The molecule has 1 fully saturated rings. The molecule has 2 heterocycles. The molecule has 2 aromatic carbocycles. The lowest BCUT2D eigenvalue weighted by atomic mass is 10.1. The van der Waals surface area contributed by atoms with E-state index in [0.29, 0.717) is 31.7 Å². The van der Waals surface area contributed by atoms with Gasteiger partial charge in [-0.15, -0.1) is 0 Å². The zero-order valence-electron chi connectivity index (χ0n) is 22.1. The molecule has 3 aromatic rings. The van der Waals surface area contributed by atoms with Crippen LogP contribution in [0.15, 0.2) is 79.0 Å². The summed E-state index contributed by atoms with van der Waals surface area (Å²) in [6.07, 6.45) is 2.49. The van der Waals surface area contributed by atoms with Crippen LogP contribution in [0, 0.1) is 6.92 Å². The lowest BCUT2D eigenvalue weighted by Crippen LogP contribution is -2.51. The maximum atomic E-state index is 13.3. The normalized spacial score (nSPS) is 16.2. The zero-order valence-corrected chi connectivity index (χ0v) is 22.9. The molecule has 39 heavy (non-hydrogen) atoms. The molecule has 0 amide bonds. The summed E-state index contributed by atoms with van der Waals surface area (Å²) in [6, 6.07) is 21.8. The van der Waals surface area contributed by atoms with E-state index >= 15 is 0 Å². The Morgan fingerprint density at radius 1 is 0.949 bits per heavy atom. The number of piperidine rings is 1. The molecule has 1 N–H and O–H groups in total. The predicted molar refractivity (Wildman–Crippen MR) is 148 cm³/mol. The average Bonchev–Trinajstić information content (AvgIpc) is 2.95. The van der Waals surface area contributed by atoms with E-state index in [0.717, 1.165) is 23.2 Å². The largest absolute Gasteiger partial charge is 0.456 e. The van der Waals surface area contributed by atoms with Crippen LogP contribution >= 0.6 is 0 Å². The molecule has 208 valence electrons. The van der Waals surface area contributed by atoms with Crippen molar-refractivity contribution >= 4 is 21.9 Å².